The lowest BCUT2D eigenvalue weighted by Gasteiger charge is -2.01. The Labute approximate surface area is 92.9 Å². The molecule has 0 saturated carbocycles. The lowest BCUT2D eigenvalue weighted by molar-refractivity contribution is 0.465. The van der Waals surface area contributed by atoms with E-state index >= 15 is 0 Å². The molecule has 84 valence electrons. The Morgan fingerprint density at radius 3 is 2.88 bits per heavy atom. The van der Waals surface area contributed by atoms with Crippen molar-refractivity contribution in [2.24, 2.45) is 0 Å². The molecule has 0 fully saturated rings. The first-order valence-electron chi connectivity index (χ1n) is 5.04. The van der Waals surface area contributed by atoms with E-state index in [-0.39, 0.29) is 0 Å². The first-order chi connectivity index (χ1) is 7.78. The average molecular weight is 219 g/mol. The summed E-state index contributed by atoms with van der Waals surface area (Å²) in [7, 11) is 0. The number of nitrogens with two attached hydrogens (primary N) is 1. The van der Waals surface area contributed by atoms with Crippen LogP contribution in [0.3, 0.4) is 0 Å². The molecule has 16 heavy (non-hydrogen) atoms. The van der Waals surface area contributed by atoms with Crippen LogP contribution in [0.5, 0.6) is 0 Å². The topological polar surface area (TPSA) is 89.9 Å². The van der Waals surface area contributed by atoms with Gasteiger partial charge in [0.2, 0.25) is 5.89 Å². The Hall–Kier alpha value is -2.11. The predicted octanol–water partition coefficient (Wildman–Crippen LogP) is 1.22. The van der Waals surface area contributed by atoms with E-state index in [1.807, 2.05) is 6.92 Å². The Balaban J connectivity index is 1.94. The highest BCUT2D eigenvalue weighted by atomic mass is 16.4. The summed E-state index contributed by atoms with van der Waals surface area (Å²) in [6.45, 7) is 2.50. The van der Waals surface area contributed by atoms with E-state index in [1.54, 1.807) is 18.3 Å². The summed E-state index contributed by atoms with van der Waals surface area (Å²) in [5.74, 6) is 2.55. The van der Waals surface area contributed by atoms with Gasteiger partial charge in [0, 0.05) is 6.42 Å². The molecule has 0 unspecified atom stereocenters. The number of nitrogens with one attached hydrogen (secondary N) is 1. The molecule has 2 heterocycles. The number of rotatable bonds is 4. The molecule has 0 saturated heterocycles. The molecule has 0 aliphatic rings. The van der Waals surface area contributed by atoms with Gasteiger partial charge >= 0.3 is 0 Å². The van der Waals surface area contributed by atoms with Crippen LogP contribution in [-0.4, -0.2) is 15.2 Å². The van der Waals surface area contributed by atoms with Crippen molar-refractivity contribution in [2.75, 3.05) is 11.1 Å². The van der Waals surface area contributed by atoms with E-state index in [4.69, 9.17) is 10.2 Å². The molecule has 2 aromatic heterocycles. The Bertz CT molecular complexity index is 450. The first-order valence-corrected chi connectivity index (χ1v) is 5.04. The maximum absolute atomic E-state index is 5.43. The quantitative estimate of drug-likeness (QED) is 0.803. The third-order valence-electron chi connectivity index (χ3n) is 2.06. The summed E-state index contributed by atoms with van der Waals surface area (Å²) >= 11 is 0. The third kappa shape index (κ3) is 2.47. The molecule has 0 aliphatic carbocycles. The average Bonchev–Trinajstić information content (AvgIpc) is 2.76. The Morgan fingerprint density at radius 2 is 2.25 bits per heavy atom. The molecule has 2 rings (SSSR count). The fraction of sp³-hybridized carbons (Fsp3) is 0.300. The van der Waals surface area contributed by atoms with Crippen LogP contribution in [-0.2, 0) is 13.0 Å². The summed E-state index contributed by atoms with van der Waals surface area (Å²) in [4.78, 5) is 4.12. The van der Waals surface area contributed by atoms with E-state index in [0.717, 1.165) is 12.2 Å². The zero-order valence-corrected chi connectivity index (χ0v) is 8.97. The maximum Gasteiger partial charge on any atom is 0.213 e. The van der Waals surface area contributed by atoms with Crippen LogP contribution < -0.4 is 11.1 Å². The molecule has 0 bridgehead atoms. The van der Waals surface area contributed by atoms with Crippen molar-refractivity contribution in [3.05, 3.63) is 30.0 Å². The number of anilines is 2. The normalized spacial score (nSPS) is 10.3. The predicted molar refractivity (Wildman–Crippen MR) is 59.7 cm³/mol. The number of aromatic nitrogens is 3. The molecule has 0 spiro atoms. The molecule has 6 heteroatoms. The summed E-state index contributed by atoms with van der Waals surface area (Å²) in [5.41, 5.74) is 5.42. The third-order valence-corrected chi connectivity index (χ3v) is 2.06. The van der Waals surface area contributed by atoms with Crippen LogP contribution >= 0.6 is 0 Å². The van der Waals surface area contributed by atoms with Crippen molar-refractivity contribution in [3.8, 4) is 0 Å². The molecule has 0 radical (unpaired) electrons. The van der Waals surface area contributed by atoms with Gasteiger partial charge in [-0.1, -0.05) is 6.92 Å². The van der Waals surface area contributed by atoms with E-state index in [0.29, 0.717) is 24.1 Å². The minimum Gasteiger partial charge on any atom is -0.444 e. The first kappa shape index (κ1) is 10.4. The van der Waals surface area contributed by atoms with Gasteiger partial charge in [0.05, 0.1) is 12.7 Å². The standard InChI is InChI=1S/C10H13N5O/c1-2-7-5-13-10(16-7)6-12-9-4-3-8(11)14-15-9/h3-5H,2,6H2,1H3,(H2,11,14)(H,12,15). The van der Waals surface area contributed by atoms with Crippen molar-refractivity contribution < 1.29 is 4.42 Å². The molecule has 6 nitrogen and oxygen atoms in total. The number of hydrogen-bond acceptors (Lipinski definition) is 6. The summed E-state index contributed by atoms with van der Waals surface area (Å²) in [5, 5.41) is 10.6. The smallest absolute Gasteiger partial charge is 0.213 e. The van der Waals surface area contributed by atoms with Crippen LogP contribution in [0, 0.1) is 0 Å². The molecule has 3 N–H and O–H groups in total. The van der Waals surface area contributed by atoms with Crippen molar-refractivity contribution in [3.63, 3.8) is 0 Å². The van der Waals surface area contributed by atoms with Gasteiger partial charge in [0.25, 0.3) is 0 Å². The highest BCUT2D eigenvalue weighted by molar-refractivity contribution is 5.38. The van der Waals surface area contributed by atoms with E-state index in [1.165, 1.54) is 0 Å². The number of oxazole rings is 1. The van der Waals surface area contributed by atoms with Gasteiger partial charge < -0.3 is 15.5 Å². The zero-order chi connectivity index (χ0) is 11.4. The second-order valence-electron chi connectivity index (χ2n) is 3.27. The van der Waals surface area contributed by atoms with Crippen LogP contribution in [0.1, 0.15) is 18.6 Å². The van der Waals surface area contributed by atoms with Crippen LogP contribution in [0.4, 0.5) is 11.6 Å². The van der Waals surface area contributed by atoms with Gasteiger partial charge in [-0.15, -0.1) is 10.2 Å². The van der Waals surface area contributed by atoms with Crippen molar-refractivity contribution in [2.45, 2.75) is 19.9 Å². The van der Waals surface area contributed by atoms with Crippen LogP contribution in [0.25, 0.3) is 0 Å². The minimum absolute atomic E-state index is 0.398. The van der Waals surface area contributed by atoms with Crippen molar-refractivity contribution in [1.29, 1.82) is 0 Å². The number of nitrogen functional groups attached to an aromatic ring is 1. The summed E-state index contributed by atoms with van der Waals surface area (Å²) < 4.78 is 5.43. The van der Waals surface area contributed by atoms with Crippen molar-refractivity contribution in [1.82, 2.24) is 15.2 Å². The second kappa shape index (κ2) is 4.61. The molecular weight excluding hydrogens is 206 g/mol. The number of aryl methyl sites for hydroxylation is 1. The largest absolute Gasteiger partial charge is 0.444 e. The summed E-state index contributed by atoms with van der Waals surface area (Å²) in [6.07, 6.45) is 2.57. The Morgan fingerprint density at radius 1 is 1.38 bits per heavy atom. The van der Waals surface area contributed by atoms with E-state index < -0.39 is 0 Å². The molecule has 0 amide bonds. The van der Waals surface area contributed by atoms with Gasteiger partial charge in [-0.05, 0) is 12.1 Å². The Kier molecular flexibility index (Phi) is 3.00. The van der Waals surface area contributed by atoms with Gasteiger partial charge in [0.1, 0.15) is 17.4 Å². The molecular formula is C10H13N5O. The molecule has 0 aliphatic heterocycles. The molecule has 0 atom stereocenters. The second-order valence-corrected chi connectivity index (χ2v) is 3.27. The van der Waals surface area contributed by atoms with Crippen LogP contribution in [0.15, 0.2) is 22.7 Å². The lowest BCUT2D eigenvalue weighted by atomic mass is 10.4. The maximum atomic E-state index is 5.43. The molecule has 0 aromatic carbocycles. The minimum atomic E-state index is 0.398. The van der Waals surface area contributed by atoms with Gasteiger partial charge in [-0.2, -0.15) is 0 Å². The highest BCUT2D eigenvalue weighted by Gasteiger charge is 2.02. The number of hydrogen-bond donors (Lipinski definition) is 2. The molecule has 2 aromatic rings. The van der Waals surface area contributed by atoms with Crippen LogP contribution in [0.2, 0.25) is 0 Å². The van der Waals surface area contributed by atoms with E-state index in [9.17, 15) is 0 Å². The fourth-order valence-electron chi connectivity index (χ4n) is 1.20. The highest BCUT2D eigenvalue weighted by Crippen LogP contribution is 2.07. The van der Waals surface area contributed by atoms with Gasteiger partial charge in [0.15, 0.2) is 0 Å². The lowest BCUT2D eigenvalue weighted by Crippen LogP contribution is -2.03. The summed E-state index contributed by atoms with van der Waals surface area (Å²) in [6, 6.07) is 3.44. The van der Waals surface area contributed by atoms with Crippen molar-refractivity contribution >= 4 is 11.6 Å². The zero-order valence-electron chi connectivity index (χ0n) is 8.97. The van der Waals surface area contributed by atoms with E-state index in [2.05, 4.69) is 20.5 Å². The fourth-order valence-corrected chi connectivity index (χ4v) is 1.20. The SMILES string of the molecule is CCc1cnc(CNc2ccc(N)nn2)o1. The monoisotopic (exact) mass is 219 g/mol. The van der Waals surface area contributed by atoms with Gasteiger partial charge in [-0.3, -0.25) is 0 Å². The van der Waals surface area contributed by atoms with Gasteiger partial charge in [-0.25, -0.2) is 4.98 Å². The number of nitrogens with zero attached hydrogens (tertiary/aromatic N) is 3.